The minimum atomic E-state index is 0.149. The summed E-state index contributed by atoms with van der Waals surface area (Å²) >= 11 is 5.82. The number of carbonyl (C=O) groups is 1. The molecule has 1 atom stereocenters. The van der Waals surface area contributed by atoms with Crippen molar-refractivity contribution in [3.8, 4) is 11.5 Å². The van der Waals surface area contributed by atoms with E-state index in [0.717, 1.165) is 5.56 Å². The summed E-state index contributed by atoms with van der Waals surface area (Å²) < 4.78 is 10.6. The number of carbonyl (C=O) groups excluding carboxylic acids is 1. The zero-order chi connectivity index (χ0) is 13.8. The Bertz CT molecular complexity index is 464. The second-order valence-electron chi connectivity index (χ2n) is 4.65. The van der Waals surface area contributed by atoms with Crippen molar-refractivity contribution >= 4 is 17.5 Å². The van der Waals surface area contributed by atoms with Crippen molar-refractivity contribution in [3.63, 3.8) is 0 Å². The summed E-state index contributed by atoms with van der Waals surface area (Å²) in [5, 5.41) is 0. The fourth-order valence-electron chi connectivity index (χ4n) is 2.39. The third-order valence-electron chi connectivity index (χ3n) is 3.36. The minimum absolute atomic E-state index is 0.149. The highest BCUT2D eigenvalue weighted by atomic mass is 35.5. The maximum atomic E-state index is 11.9. The first-order valence-electron chi connectivity index (χ1n) is 6.23. The van der Waals surface area contributed by atoms with Gasteiger partial charge in [0.1, 0.15) is 0 Å². The van der Waals surface area contributed by atoms with Crippen molar-refractivity contribution in [1.82, 2.24) is 4.90 Å². The Morgan fingerprint density at radius 3 is 2.74 bits per heavy atom. The van der Waals surface area contributed by atoms with Crippen molar-refractivity contribution in [2.75, 3.05) is 26.6 Å². The average Bonchev–Trinajstić information content (AvgIpc) is 2.79. The van der Waals surface area contributed by atoms with Crippen LogP contribution in [0.3, 0.4) is 0 Å². The molecule has 0 aromatic heterocycles. The molecule has 1 amide bonds. The molecule has 0 bridgehead atoms. The molecule has 5 heteroatoms. The van der Waals surface area contributed by atoms with Crippen LogP contribution in [0.1, 0.15) is 12.0 Å². The summed E-state index contributed by atoms with van der Waals surface area (Å²) in [4.78, 5) is 13.7. The lowest BCUT2D eigenvalue weighted by molar-refractivity contribution is -0.128. The number of para-hydroxylation sites is 1. The largest absolute Gasteiger partial charge is 0.493 e. The lowest BCUT2D eigenvalue weighted by Crippen LogP contribution is -2.25. The summed E-state index contributed by atoms with van der Waals surface area (Å²) in [6.07, 6.45) is 0.537. The van der Waals surface area contributed by atoms with Crippen molar-refractivity contribution in [1.29, 1.82) is 0 Å². The Labute approximate surface area is 118 Å². The van der Waals surface area contributed by atoms with Crippen molar-refractivity contribution in [2.45, 2.75) is 13.0 Å². The molecule has 1 aliphatic rings. The van der Waals surface area contributed by atoms with Crippen LogP contribution in [-0.4, -0.2) is 37.5 Å². The van der Waals surface area contributed by atoms with Gasteiger partial charge in [-0.15, -0.1) is 11.6 Å². The molecule has 2 rings (SSSR count). The van der Waals surface area contributed by atoms with E-state index in [1.165, 1.54) is 0 Å². The number of ether oxygens (including phenoxy) is 2. The highest BCUT2D eigenvalue weighted by molar-refractivity contribution is 6.18. The number of amides is 1. The average molecular weight is 284 g/mol. The molecular formula is C14H18ClNO3. The van der Waals surface area contributed by atoms with Gasteiger partial charge in [-0.05, 0) is 12.0 Å². The maximum absolute atomic E-state index is 11.9. The van der Waals surface area contributed by atoms with Gasteiger partial charge in [-0.1, -0.05) is 12.1 Å². The number of hydrogen-bond donors (Lipinski definition) is 0. The number of halogens is 1. The maximum Gasteiger partial charge on any atom is 0.223 e. The fourth-order valence-corrected chi connectivity index (χ4v) is 2.60. The lowest BCUT2D eigenvalue weighted by atomic mass is 10.1. The Morgan fingerprint density at radius 1 is 1.37 bits per heavy atom. The standard InChI is InChI=1S/C14H18ClNO3/c1-18-12-5-3-4-11(14(12)19-2)9-16-8-10(7-15)6-13(16)17/h3-5,10H,6-9H2,1-2H3. The SMILES string of the molecule is COc1cccc(CN2CC(CCl)CC2=O)c1OC. The molecule has 1 aromatic rings. The topological polar surface area (TPSA) is 38.8 Å². The van der Waals surface area contributed by atoms with E-state index in [0.29, 0.717) is 36.9 Å². The molecule has 19 heavy (non-hydrogen) atoms. The first-order valence-corrected chi connectivity index (χ1v) is 6.76. The molecule has 0 spiro atoms. The molecule has 1 saturated heterocycles. The number of nitrogens with zero attached hydrogens (tertiary/aromatic N) is 1. The van der Waals surface area contributed by atoms with Gasteiger partial charge in [-0.3, -0.25) is 4.79 Å². The van der Waals surface area contributed by atoms with Crippen LogP contribution in [-0.2, 0) is 11.3 Å². The summed E-state index contributed by atoms with van der Waals surface area (Å²) in [7, 11) is 3.21. The number of hydrogen-bond acceptors (Lipinski definition) is 3. The molecule has 1 aromatic carbocycles. The van der Waals surface area contributed by atoms with E-state index >= 15 is 0 Å². The van der Waals surface area contributed by atoms with Crippen molar-refractivity contribution in [3.05, 3.63) is 23.8 Å². The number of methoxy groups -OCH3 is 2. The fraction of sp³-hybridized carbons (Fsp3) is 0.500. The third kappa shape index (κ3) is 2.95. The molecule has 1 unspecified atom stereocenters. The van der Waals surface area contributed by atoms with Crippen LogP contribution in [0.5, 0.6) is 11.5 Å². The van der Waals surface area contributed by atoms with E-state index in [2.05, 4.69) is 0 Å². The van der Waals surface area contributed by atoms with Gasteiger partial charge in [0.2, 0.25) is 5.91 Å². The smallest absolute Gasteiger partial charge is 0.223 e. The van der Waals surface area contributed by atoms with Crippen LogP contribution in [0.2, 0.25) is 0 Å². The van der Waals surface area contributed by atoms with Gasteiger partial charge >= 0.3 is 0 Å². The molecular weight excluding hydrogens is 266 g/mol. The highest BCUT2D eigenvalue weighted by Crippen LogP contribution is 2.32. The van der Waals surface area contributed by atoms with Gasteiger partial charge in [-0.25, -0.2) is 0 Å². The van der Waals surface area contributed by atoms with Crippen LogP contribution in [0.15, 0.2) is 18.2 Å². The zero-order valence-corrected chi connectivity index (χ0v) is 11.9. The Kier molecular flexibility index (Phi) is 4.53. The number of rotatable bonds is 5. The number of alkyl halides is 1. The summed E-state index contributed by atoms with van der Waals surface area (Å²) in [6, 6.07) is 5.69. The first-order chi connectivity index (χ1) is 9.19. The molecule has 1 fully saturated rings. The molecule has 0 N–H and O–H groups in total. The number of likely N-dealkylation sites (tertiary alicyclic amines) is 1. The second kappa shape index (κ2) is 6.15. The van der Waals surface area contributed by atoms with E-state index < -0.39 is 0 Å². The van der Waals surface area contributed by atoms with E-state index in [9.17, 15) is 4.79 Å². The van der Waals surface area contributed by atoms with Crippen LogP contribution < -0.4 is 9.47 Å². The summed E-state index contributed by atoms with van der Waals surface area (Å²) in [5.41, 5.74) is 0.949. The van der Waals surface area contributed by atoms with E-state index in [1.54, 1.807) is 14.2 Å². The normalized spacial score (nSPS) is 18.8. The predicted octanol–water partition coefficient (Wildman–Crippen LogP) is 2.29. The van der Waals surface area contributed by atoms with E-state index in [-0.39, 0.29) is 11.8 Å². The molecule has 104 valence electrons. The van der Waals surface area contributed by atoms with Gasteiger partial charge in [0, 0.05) is 31.0 Å². The van der Waals surface area contributed by atoms with Crippen LogP contribution in [0.4, 0.5) is 0 Å². The monoisotopic (exact) mass is 283 g/mol. The van der Waals surface area contributed by atoms with Gasteiger partial charge in [-0.2, -0.15) is 0 Å². The number of benzene rings is 1. The molecule has 0 radical (unpaired) electrons. The quantitative estimate of drug-likeness (QED) is 0.778. The lowest BCUT2D eigenvalue weighted by Gasteiger charge is -2.19. The van der Waals surface area contributed by atoms with Gasteiger partial charge in [0.25, 0.3) is 0 Å². The first kappa shape index (κ1) is 14.0. The Balaban J connectivity index is 2.17. The van der Waals surface area contributed by atoms with Crippen LogP contribution in [0, 0.1) is 5.92 Å². The second-order valence-corrected chi connectivity index (χ2v) is 4.96. The van der Waals surface area contributed by atoms with Crippen LogP contribution >= 0.6 is 11.6 Å². The Hall–Kier alpha value is -1.42. The minimum Gasteiger partial charge on any atom is -0.493 e. The highest BCUT2D eigenvalue weighted by Gasteiger charge is 2.29. The molecule has 1 aliphatic heterocycles. The van der Waals surface area contributed by atoms with Crippen molar-refractivity contribution in [2.24, 2.45) is 5.92 Å². The summed E-state index contributed by atoms with van der Waals surface area (Å²) in [6.45, 7) is 1.25. The molecule has 1 heterocycles. The van der Waals surface area contributed by atoms with Gasteiger partial charge < -0.3 is 14.4 Å². The molecule has 0 aliphatic carbocycles. The van der Waals surface area contributed by atoms with Crippen LogP contribution in [0.25, 0.3) is 0 Å². The zero-order valence-electron chi connectivity index (χ0n) is 11.2. The molecule has 4 nitrogen and oxygen atoms in total. The summed E-state index contributed by atoms with van der Waals surface area (Å²) in [5.74, 6) is 2.30. The van der Waals surface area contributed by atoms with Crippen molar-refractivity contribution < 1.29 is 14.3 Å². The van der Waals surface area contributed by atoms with Gasteiger partial charge in [0.15, 0.2) is 11.5 Å². The van der Waals surface area contributed by atoms with Gasteiger partial charge in [0.05, 0.1) is 14.2 Å². The third-order valence-corrected chi connectivity index (χ3v) is 3.79. The van der Waals surface area contributed by atoms with E-state index in [4.69, 9.17) is 21.1 Å². The predicted molar refractivity (Wildman–Crippen MR) is 73.8 cm³/mol. The Morgan fingerprint density at radius 2 is 2.16 bits per heavy atom. The molecule has 0 saturated carbocycles. The van der Waals surface area contributed by atoms with E-state index in [1.807, 2.05) is 23.1 Å².